The summed E-state index contributed by atoms with van der Waals surface area (Å²) < 4.78 is 34.2. The molecule has 3 heteroatoms. The second-order valence-electron chi connectivity index (χ2n) is 9.19. The topological polar surface area (TPSA) is 12.5 Å². The van der Waals surface area contributed by atoms with Gasteiger partial charge in [-0.05, 0) is 86.5 Å². The summed E-state index contributed by atoms with van der Waals surface area (Å²) in [7, 11) is 0. The highest BCUT2D eigenvalue weighted by Gasteiger charge is 2.44. The number of hydrogen-bond acceptors (Lipinski definition) is 1. The first-order valence-corrected chi connectivity index (χ1v) is 11.0. The van der Waals surface area contributed by atoms with Crippen LogP contribution in [0.2, 0.25) is 0 Å². The summed E-state index contributed by atoms with van der Waals surface area (Å²) in [6.45, 7) is 2.81. The summed E-state index contributed by atoms with van der Waals surface area (Å²) in [5.74, 6) is 2.23. The van der Waals surface area contributed by atoms with Gasteiger partial charge in [-0.1, -0.05) is 30.7 Å². The number of benzene rings is 1. The van der Waals surface area contributed by atoms with Crippen LogP contribution >= 0.6 is 0 Å². The van der Waals surface area contributed by atoms with Gasteiger partial charge in [0.05, 0.1) is 6.61 Å². The van der Waals surface area contributed by atoms with Crippen LogP contribution in [0.25, 0.3) is 0 Å². The van der Waals surface area contributed by atoms with Crippen molar-refractivity contribution in [2.24, 2.45) is 23.7 Å². The molecule has 27 heavy (non-hydrogen) atoms. The number of hydrogen-bond donors (Lipinski definition) is 0. The Hall–Kier alpha value is -1.22. The van der Waals surface area contributed by atoms with Crippen molar-refractivity contribution in [3.63, 3.8) is 0 Å². The highest BCUT2D eigenvalue weighted by Crippen LogP contribution is 2.54. The van der Waals surface area contributed by atoms with E-state index in [0.717, 1.165) is 36.5 Å². The Morgan fingerprint density at radius 1 is 0.926 bits per heavy atom. The Morgan fingerprint density at radius 3 is 2.33 bits per heavy atom. The smallest absolute Gasteiger partial charge is 0.165 e. The second kappa shape index (κ2) is 6.99. The summed E-state index contributed by atoms with van der Waals surface area (Å²) in [4.78, 5) is 0. The average molecular weight is 372 g/mol. The van der Waals surface area contributed by atoms with E-state index in [1.165, 1.54) is 38.5 Å². The van der Waals surface area contributed by atoms with Crippen molar-refractivity contribution < 1.29 is 13.5 Å². The zero-order valence-corrected chi connectivity index (χ0v) is 16.2. The first-order valence-electron chi connectivity index (χ1n) is 11.0. The van der Waals surface area contributed by atoms with Gasteiger partial charge in [-0.25, -0.2) is 8.78 Å². The normalized spacial score (nSPS) is 38.0. The predicted octanol–water partition coefficient (Wildman–Crippen LogP) is 6.69. The molecule has 1 heterocycles. The third kappa shape index (κ3) is 3.06. The van der Waals surface area contributed by atoms with Crippen LogP contribution in [0.1, 0.15) is 81.4 Å². The van der Waals surface area contributed by atoms with E-state index < -0.39 is 11.6 Å². The first-order chi connectivity index (χ1) is 13.2. The van der Waals surface area contributed by atoms with E-state index in [0.29, 0.717) is 17.7 Å². The molecule has 4 atom stereocenters. The molecule has 3 fully saturated rings. The Morgan fingerprint density at radius 2 is 1.63 bits per heavy atom. The van der Waals surface area contributed by atoms with E-state index in [-0.39, 0.29) is 12.0 Å². The molecular weight excluding hydrogens is 342 g/mol. The lowest BCUT2D eigenvalue weighted by atomic mass is 9.70. The van der Waals surface area contributed by atoms with Crippen LogP contribution in [-0.2, 0) is 4.74 Å². The fourth-order valence-corrected chi connectivity index (χ4v) is 6.56. The van der Waals surface area contributed by atoms with Crippen LogP contribution < -0.4 is 0 Å². The number of halogens is 2. The predicted molar refractivity (Wildman–Crippen MR) is 102 cm³/mol. The number of epoxide rings is 1. The van der Waals surface area contributed by atoms with Gasteiger partial charge >= 0.3 is 0 Å². The monoisotopic (exact) mass is 372 g/mol. The molecule has 1 aromatic rings. The largest absolute Gasteiger partial charge is 0.368 e. The molecule has 1 saturated heterocycles. The molecule has 0 aromatic heterocycles. The molecule has 146 valence electrons. The van der Waals surface area contributed by atoms with Crippen molar-refractivity contribution in [3.05, 3.63) is 46.5 Å². The minimum atomic E-state index is -0.681. The zero-order chi connectivity index (χ0) is 18.5. The maximum atomic E-state index is 14.7. The minimum absolute atomic E-state index is 0.176. The summed E-state index contributed by atoms with van der Waals surface area (Å²) in [6.07, 6.45) is 11.9. The molecule has 0 bridgehead atoms. The van der Waals surface area contributed by atoms with E-state index >= 15 is 0 Å². The molecule has 1 nitrogen and oxygen atoms in total. The SMILES string of the molecule is CCC1=CCC2C1CCC2C1CCC(c2ccc(C3CO3)c(F)c2F)CC1. The lowest BCUT2D eigenvalue weighted by Gasteiger charge is -2.35. The lowest BCUT2D eigenvalue weighted by Crippen LogP contribution is -2.25. The van der Waals surface area contributed by atoms with Gasteiger partial charge in [-0.2, -0.15) is 0 Å². The molecule has 3 aliphatic carbocycles. The molecule has 4 aliphatic rings. The summed E-state index contributed by atoms with van der Waals surface area (Å²) in [5, 5.41) is 0. The minimum Gasteiger partial charge on any atom is -0.368 e. The van der Waals surface area contributed by atoms with Gasteiger partial charge in [-0.3, -0.25) is 0 Å². The second-order valence-corrected chi connectivity index (χ2v) is 9.19. The molecule has 0 N–H and O–H groups in total. The molecule has 0 amide bonds. The van der Waals surface area contributed by atoms with Crippen molar-refractivity contribution >= 4 is 0 Å². The fourth-order valence-electron chi connectivity index (χ4n) is 6.56. The van der Waals surface area contributed by atoms with E-state index in [4.69, 9.17) is 4.74 Å². The summed E-state index contributed by atoms with van der Waals surface area (Å²) >= 11 is 0. The van der Waals surface area contributed by atoms with Crippen LogP contribution in [0, 0.1) is 35.3 Å². The van der Waals surface area contributed by atoms with E-state index in [1.807, 2.05) is 6.07 Å². The van der Waals surface area contributed by atoms with Crippen molar-refractivity contribution in [1.82, 2.24) is 0 Å². The van der Waals surface area contributed by atoms with Crippen molar-refractivity contribution in [1.29, 1.82) is 0 Å². The molecule has 1 aromatic carbocycles. The number of ether oxygens (including phenoxy) is 1. The molecule has 1 aliphatic heterocycles. The summed E-state index contributed by atoms with van der Waals surface area (Å²) in [5.41, 5.74) is 2.69. The zero-order valence-electron chi connectivity index (χ0n) is 16.2. The number of allylic oxidation sites excluding steroid dienone is 2. The third-order valence-electron chi connectivity index (χ3n) is 8.05. The Labute approximate surface area is 161 Å². The van der Waals surface area contributed by atoms with Crippen molar-refractivity contribution in [3.8, 4) is 0 Å². The first kappa shape index (κ1) is 17.8. The molecule has 0 spiro atoms. The van der Waals surface area contributed by atoms with Crippen molar-refractivity contribution in [2.75, 3.05) is 6.61 Å². The van der Waals surface area contributed by atoms with E-state index in [9.17, 15) is 8.78 Å². The molecular formula is C24H30F2O. The van der Waals surface area contributed by atoms with Gasteiger partial charge in [0.15, 0.2) is 11.6 Å². The standard InChI is InChI=1S/C24H30F2O/c1-2-14-7-8-20-17(14)9-10-18(20)15-3-5-16(6-4-15)19-11-12-21(22-13-27-22)24(26)23(19)25/h7,11-12,15-18,20,22H,2-6,8-10,13H2,1H3. The maximum Gasteiger partial charge on any atom is 0.165 e. The number of rotatable bonds is 4. The highest BCUT2D eigenvalue weighted by atomic mass is 19.2. The highest BCUT2D eigenvalue weighted by molar-refractivity contribution is 5.32. The fraction of sp³-hybridized carbons (Fsp3) is 0.667. The Balaban J connectivity index is 1.24. The Kier molecular flexibility index (Phi) is 4.62. The molecule has 5 rings (SSSR count). The van der Waals surface area contributed by atoms with Gasteiger partial charge in [0.2, 0.25) is 0 Å². The van der Waals surface area contributed by atoms with Crippen LogP contribution in [0.5, 0.6) is 0 Å². The van der Waals surface area contributed by atoms with Gasteiger partial charge in [-0.15, -0.1) is 0 Å². The maximum absolute atomic E-state index is 14.7. The van der Waals surface area contributed by atoms with E-state index in [1.54, 1.807) is 11.6 Å². The number of fused-ring (bicyclic) bond motifs is 1. The quantitative estimate of drug-likeness (QED) is 0.423. The van der Waals surface area contributed by atoms with Crippen LogP contribution in [-0.4, -0.2) is 6.61 Å². The van der Waals surface area contributed by atoms with E-state index in [2.05, 4.69) is 13.0 Å². The van der Waals surface area contributed by atoms with Gasteiger partial charge in [0, 0.05) is 5.56 Å². The van der Waals surface area contributed by atoms with Gasteiger partial charge in [0.1, 0.15) is 6.10 Å². The third-order valence-corrected chi connectivity index (χ3v) is 8.05. The van der Waals surface area contributed by atoms with Crippen LogP contribution in [0.15, 0.2) is 23.8 Å². The van der Waals surface area contributed by atoms with Gasteiger partial charge in [0.25, 0.3) is 0 Å². The lowest BCUT2D eigenvalue weighted by molar-refractivity contribution is 0.184. The van der Waals surface area contributed by atoms with Crippen molar-refractivity contribution in [2.45, 2.75) is 70.3 Å². The van der Waals surface area contributed by atoms with Gasteiger partial charge < -0.3 is 4.74 Å². The Bertz CT molecular complexity index is 743. The molecule has 0 radical (unpaired) electrons. The van der Waals surface area contributed by atoms with Crippen LogP contribution in [0.4, 0.5) is 8.78 Å². The molecule has 2 saturated carbocycles. The molecule has 4 unspecified atom stereocenters. The van der Waals surface area contributed by atoms with Crippen LogP contribution in [0.3, 0.4) is 0 Å². The summed E-state index contributed by atoms with van der Waals surface area (Å²) in [6, 6.07) is 3.57. The average Bonchev–Trinajstić information content (AvgIpc) is 3.31.